The Kier molecular flexibility index (Phi) is 4.62. The Morgan fingerprint density at radius 1 is 1.11 bits per heavy atom. The van der Waals surface area contributed by atoms with E-state index in [0.29, 0.717) is 16.0 Å². The van der Waals surface area contributed by atoms with Crippen molar-refractivity contribution in [1.82, 2.24) is 4.98 Å². The highest BCUT2D eigenvalue weighted by Crippen LogP contribution is 2.29. The third-order valence-electron chi connectivity index (χ3n) is 2.67. The van der Waals surface area contributed by atoms with Gasteiger partial charge in [-0.25, -0.2) is 0 Å². The number of halogens is 2. The van der Waals surface area contributed by atoms with Gasteiger partial charge in [0.15, 0.2) is 0 Å². The second-order valence-corrected chi connectivity index (χ2v) is 5.48. The summed E-state index contributed by atoms with van der Waals surface area (Å²) in [5.41, 5.74) is 3.05. The van der Waals surface area contributed by atoms with Crippen LogP contribution in [0.1, 0.15) is 25.1 Å². The van der Waals surface area contributed by atoms with Crippen molar-refractivity contribution in [2.24, 2.45) is 5.92 Å². The molecule has 0 spiro atoms. The zero-order chi connectivity index (χ0) is 13.8. The summed E-state index contributed by atoms with van der Waals surface area (Å²) in [5, 5.41) is 1.13. The minimum atomic E-state index is 0.423. The number of allylic oxidation sites excluding steroid dienone is 1. The van der Waals surface area contributed by atoms with E-state index in [1.54, 1.807) is 6.20 Å². The summed E-state index contributed by atoms with van der Waals surface area (Å²) in [6, 6.07) is 11.6. The van der Waals surface area contributed by atoms with Crippen molar-refractivity contribution in [2.75, 3.05) is 0 Å². The van der Waals surface area contributed by atoms with Crippen molar-refractivity contribution >= 4 is 28.8 Å². The van der Waals surface area contributed by atoms with Crippen LogP contribution in [0.25, 0.3) is 5.57 Å². The van der Waals surface area contributed by atoms with Crippen LogP contribution in [0.3, 0.4) is 0 Å². The summed E-state index contributed by atoms with van der Waals surface area (Å²) in [5.74, 6) is 0.423. The van der Waals surface area contributed by atoms with Crippen LogP contribution >= 0.6 is 23.2 Å². The molecule has 0 atom stereocenters. The molecule has 1 nitrogen and oxygen atoms in total. The monoisotopic (exact) mass is 291 g/mol. The van der Waals surface area contributed by atoms with Crippen LogP contribution in [-0.2, 0) is 0 Å². The van der Waals surface area contributed by atoms with Crippen LogP contribution in [-0.4, -0.2) is 4.98 Å². The van der Waals surface area contributed by atoms with Crippen LogP contribution in [0.15, 0.2) is 48.7 Å². The van der Waals surface area contributed by atoms with Crippen molar-refractivity contribution < 1.29 is 0 Å². The minimum absolute atomic E-state index is 0.423. The number of hydrogen-bond donors (Lipinski definition) is 0. The van der Waals surface area contributed by atoms with E-state index in [1.807, 2.05) is 36.4 Å². The highest BCUT2D eigenvalue weighted by Gasteiger charge is 2.09. The molecule has 0 saturated carbocycles. The molecule has 0 amide bonds. The van der Waals surface area contributed by atoms with Crippen LogP contribution in [0.4, 0.5) is 0 Å². The van der Waals surface area contributed by atoms with E-state index in [1.165, 1.54) is 0 Å². The average Bonchev–Trinajstić information content (AvgIpc) is 2.40. The van der Waals surface area contributed by atoms with Gasteiger partial charge in [-0.15, -0.1) is 0 Å². The van der Waals surface area contributed by atoms with E-state index in [-0.39, 0.29) is 0 Å². The summed E-state index contributed by atoms with van der Waals surface area (Å²) >= 11 is 12.1. The van der Waals surface area contributed by atoms with Gasteiger partial charge in [0.1, 0.15) is 0 Å². The Hall–Kier alpha value is -1.31. The SMILES string of the molecule is CC(C)/C=C(\c1ccc(Cl)c(Cl)c1)c1ccccn1. The molecule has 1 aromatic carbocycles. The van der Waals surface area contributed by atoms with Crippen LogP contribution in [0.5, 0.6) is 0 Å². The van der Waals surface area contributed by atoms with Gasteiger partial charge in [-0.1, -0.05) is 55.3 Å². The van der Waals surface area contributed by atoms with Gasteiger partial charge >= 0.3 is 0 Å². The van der Waals surface area contributed by atoms with Crippen molar-refractivity contribution in [3.05, 3.63) is 70.0 Å². The van der Waals surface area contributed by atoms with E-state index < -0.39 is 0 Å². The molecule has 1 aromatic heterocycles. The lowest BCUT2D eigenvalue weighted by molar-refractivity contribution is 0.833. The van der Waals surface area contributed by atoms with E-state index in [2.05, 4.69) is 24.9 Å². The van der Waals surface area contributed by atoms with E-state index in [9.17, 15) is 0 Å². The normalized spacial score (nSPS) is 11.9. The maximum Gasteiger partial charge on any atom is 0.0704 e. The quantitative estimate of drug-likeness (QED) is 0.730. The molecule has 0 aliphatic rings. The lowest BCUT2D eigenvalue weighted by Gasteiger charge is -2.10. The molecule has 0 unspecified atom stereocenters. The molecule has 0 saturated heterocycles. The molecule has 98 valence electrons. The second-order valence-electron chi connectivity index (χ2n) is 4.67. The standard InChI is InChI=1S/C16H15Cl2N/c1-11(2)9-13(16-5-3-4-8-19-16)12-6-7-14(17)15(18)10-12/h3-11H,1-2H3/b13-9+. The molecule has 1 heterocycles. The van der Waals surface area contributed by atoms with Crippen molar-refractivity contribution in [2.45, 2.75) is 13.8 Å². The maximum atomic E-state index is 6.10. The first-order valence-electron chi connectivity index (χ1n) is 6.16. The number of rotatable bonds is 3. The van der Waals surface area contributed by atoms with E-state index >= 15 is 0 Å². The first-order valence-corrected chi connectivity index (χ1v) is 6.92. The molecule has 2 rings (SSSR count). The minimum Gasteiger partial charge on any atom is -0.256 e. The third-order valence-corrected chi connectivity index (χ3v) is 3.41. The Bertz CT molecular complexity index is 589. The molecule has 3 heteroatoms. The highest BCUT2D eigenvalue weighted by atomic mass is 35.5. The summed E-state index contributed by atoms with van der Waals surface area (Å²) < 4.78 is 0. The molecular formula is C16H15Cl2N. The van der Waals surface area contributed by atoms with Crippen molar-refractivity contribution in [1.29, 1.82) is 0 Å². The molecule has 0 N–H and O–H groups in total. The van der Waals surface area contributed by atoms with Crippen molar-refractivity contribution in [3.8, 4) is 0 Å². The van der Waals surface area contributed by atoms with Gasteiger partial charge in [0.05, 0.1) is 15.7 Å². The first kappa shape index (κ1) is 14.1. The molecular weight excluding hydrogens is 277 g/mol. The van der Waals surface area contributed by atoms with Gasteiger partial charge in [-0.05, 0) is 35.7 Å². The Morgan fingerprint density at radius 3 is 2.47 bits per heavy atom. The number of hydrogen-bond acceptors (Lipinski definition) is 1. The second kappa shape index (κ2) is 6.23. The Balaban J connectivity index is 2.53. The van der Waals surface area contributed by atoms with Gasteiger partial charge in [0.2, 0.25) is 0 Å². The summed E-state index contributed by atoms with van der Waals surface area (Å²) in [6.07, 6.45) is 3.98. The number of nitrogens with zero attached hydrogens (tertiary/aromatic N) is 1. The molecule has 0 aliphatic heterocycles. The topological polar surface area (TPSA) is 12.9 Å². The first-order chi connectivity index (χ1) is 9.08. The van der Waals surface area contributed by atoms with E-state index in [4.69, 9.17) is 23.2 Å². The Morgan fingerprint density at radius 2 is 1.89 bits per heavy atom. The number of benzene rings is 1. The lowest BCUT2D eigenvalue weighted by atomic mass is 9.98. The molecule has 19 heavy (non-hydrogen) atoms. The van der Waals surface area contributed by atoms with Crippen LogP contribution in [0.2, 0.25) is 10.0 Å². The summed E-state index contributed by atoms with van der Waals surface area (Å²) in [6.45, 7) is 4.28. The average molecular weight is 292 g/mol. The smallest absolute Gasteiger partial charge is 0.0704 e. The highest BCUT2D eigenvalue weighted by molar-refractivity contribution is 6.42. The molecule has 0 bridgehead atoms. The van der Waals surface area contributed by atoms with E-state index in [0.717, 1.165) is 16.8 Å². The summed E-state index contributed by atoms with van der Waals surface area (Å²) in [7, 11) is 0. The van der Waals surface area contributed by atoms with Gasteiger partial charge in [-0.3, -0.25) is 4.98 Å². The van der Waals surface area contributed by atoms with Crippen molar-refractivity contribution in [3.63, 3.8) is 0 Å². The maximum absolute atomic E-state index is 6.10. The summed E-state index contributed by atoms with van der Waals surface area (Å²) in [4.78, 5) is 4.42. The fraction of sp³-hybridized carbons (Fsp3) is 0.188. The predicted octanol–water partition coefficient (Wildman–Crippen LogP) is 5.48. The molecule has 2 aromatic rings. The molecule has 0 fully saturated rings. The van der Waals surface area contributed by atoms with Crippen LogP contribution in [0, 0.1) is 5.92 Å². The van der Waals surface area contributed by atoms with Gasteiger partial charge < -0.3 is 0 Å². The molecule has 0 aliphatic carbocycles. The zero-order valence-electron chi connectivity index (χ0n) is 10.9. The van der Waals surface area contributed by atoms with Gasteiger partial charge in [-0.2, -0.15) is 0 Å². The molecule has 0 radical (unpaired) electrons. The fourth-order valence-corrected chi connectivity index (χ4v) is 2.15. The predicted molar refractivity (Wildman–Crippen MR) is 82.6 cm³/mol. The number of aromatic nitrogens is 1. The number of pyridine rings is 1. The lowest BCUT2D eigenvalue weighted by Crippen LogP contribution is -1.94. The zero-order valence-corrected chi connectivity index (χ0v) is 12.4. The Labute approximate surface area is 123 Å². The third kappa shape index (κ3) is 3.59. The van der Waals surface area contributed by atoms with Gasteiger partial charge in [0, 0.05) is 11.8 Å². The van der Waals surface area contributed by atoms with Crippen LogP contribution < -0.4 is 0 Å². The van der Waals surface area contributed by atoms with Gasteiger partial charge in [0.25, 0.3) is 0 Å². The largest absolute Gasteiger partial charge is 0.256 e. The fourth-order valence-electron chi connectivity index (χ4n) is 1.85.